The van der Waals surface area contributed by atoms with Crippen molar-refractivity contribution in [3.05, 3.63) is 24.3 Å². The van der Waals surface area contributed by atoms with Gasteiger partial charge in [-0.1, -0.05) is 6.92 Å². The second-order valence-corrected chi connectivity index (χ2v) is 6.38. The van der Waals surface area contributed by atoms with Gasteiger partial charge < -0.3 is 15.0 Å². The number of ether oxygens (including phenoxy) is 1. The summed E-state index contributed by atoms with van der Waals surface area (Å²) < 4.78 is 5.69. The predicted molar refractivity (Wildman–Crippen MR) is 88.3 cm³/mol. The number of likely N-dealkylation sites (tertiary alicyclic amines) is 1. The maximum Gasteiger partial charge on any atom is 0.247 e. The normalized spacial score (nSPS) is 18.8. The molecule has 2 fully saturated rings. The molecule has 0 aromatic heterocycles. The lowest BCUT2D eigenvalue weighted by Crippen LogP contribution is -2.44. The van der Waals surface area contributed by atoms with Gasteiger partial charge in [0, 0.05) is 18.7 Å². The highest BCUT2D eigenvalue weighted by Gasteiger charge is 2.31. The average Bonchev–Trinajstić information content (AvgIpc) is 3.29. The van der Waals surface area contributed by atoms with Gasteiger partial charge in [0.1, 0.15) is 11.8 Å². The molecule has 1 aromatic carbocycles. The van der Waals surface area contributed by atoms with Crippen LogP contribution < -0.4 is 10.1 Å². The molecule has 5 heteroatoms. The molecule has 1 saturated heterocycles. The fraction of sp³-hybridized carbons (Fsp3) is 0.556. The minimum Gasteiger partial charge on any atom is -0.493 e. The highest BCUT2D eigenvalue weighted by molar-refractivity contribution is 5.97. The fourth-order valence-electron chi connectivity index (χ4n) is 2.90. The standard InChI is InChI=1S/C18H24N2O3/c1-2-16(20-11-3-4-17(20)21)18(22)19-14-7-9-15(10-8-14)23-12-13-5-6-13/h7-10,13,16H,2-6,11-12H2,1H3,(H,19,22)/t16-/m1/s1. The van der Waals surface area contributed by atoms with E-state index in [0.717, 1.165) is 30.4 Å². The number of hydrogen-bond donors (Lipinski definition) is 1. The lowest BCUT2D eigenvalue weighted by Gasteiger charge is -2.25. The molecule has 0 radical (unpaired) electrons. The Morgan fingerprint density at radius 3 is 2.65 bits per heavy atom. The molecule has 124 valence electrons. The van der Waals surface area contributed by atoms with Gasteiger partial charge in [-0.15, -0.1) is 0 Å². The molecule has 1 aromatic rings. The summed E-state index contributed by atoms with van der Waals surface area (Å²) in [5, 5.41) is 2.91. The number of carbonyl (C=O) groups is 2. The van der Waals surface area contributed by atoms with Crippen LogP contribution in [0.15, 0.2) is 24.3 Å². The van der Waals surface area contributed by atoms with Gasteiger partial charge in [0.05, 0.1) is 6.61 Å². The molecule has 1 N–H and O–H groups in total. The van der Waals surface area contributed by atoms with E-state index in [4.69, 9.17) is 4.74 Å². The Kier molecular flexibility index (Phi) is 4.84. The van der Waals surface area contributed by atoms with Crippen LogP contribution in [0.5, 0.6) is 5.75 Å². The molecule has 1 saturated carbocycles. The van der Waals surface area contributed by atoms with E-state index >= 15 is 0 Å². The van der Waals surface area contributed by atoms with Gasteiger partial charge in [0.25, 0.3) is 0 Å². The second-order valence-electron chi connectivity index (χ2n) is 6.38. The molecule has 1 aliphatic heterocycles. The van der Waals surface area contributed by atoms with Crippen molar-refractivity contribution in [3.8, 4) is 5.75 Å². The Labute approximate surface area is 137 Å². The van der Waals surface area contributed by atoms with Crippen molar-refractivity contribution in [2.75, 3.05) is 18.5 Å². The van der Waals surface area contributed by atoms with Crippen molar-refractivity contribution in [3.63, 3.8) is 0 Å². The third-order valence-corrected chi connectivity index (χ3v) is 4.48. The topological polar surface area (TPSA) is 58.6 Å². The third kappa shape index (κ3) is 4.03. The van der Waals surface area contributed by atoms with Gasteiger partial charge in [0.2, 0.25) is 11.8 Å². The minimum atomic E-state index is -0.379. The van der Waals surface area contributed by atoms with Gasteiger partial charge >= 0.3 is 0 Å². The van der Waals surface area contributed by atoms with Crippen molar-refractivity contribution in [2.45, 2.75) is 45.1 Å². The highest BCUT2D eigenvalue weighted by atomic mass is 16.5. The summed E-state index contributed by atoms with van der Waals surface area (Å²) >= 11 is 0. The largest absolute Gasteiger partial charge is 0.493 e. The first-order chi connectivity index (χ1) is 11.2. The Balaban J connectivity index is 1.56. The lowest BCUT2D eigenvalue weighted by molar-refractivity contribution is -0.135. The molecule has 0 bridgehead atoms. The molecule has 0 unspecified atom stereocenters. The molecular formula is C18H24N2O3. The maximum atomic E-state index is 12.4. The first kappa shape index (κ1) is 15.8. The van der Waals surface area contributed by atoms with E-state index in [2.05, 4.69) is 5.32 Å². The van der Waals surface area contributed by atoms with Crippen LogP contribution in [0, 0.1) is 5.92 Å². The van der Waals surface area contributed by atoms with Crippen LogP contribution in [-0.4, -0.2) is 35.9 Å². The van der Waals surface area contributed by atoms with Crippen LogP contribution in [0.3, 0.4) is 0 Å². The van der Waals surface area contributed by atoms with Gasteiger partial charge in [-0.05, 0) is 55.9 Å². The molecule has 2 amide bonds. The van der Waals surface area contributed by atoms with Crippen LogP contribution in [0.2, 0.25) is 0 Å². The molecule has 3 rings (SSSR count). The van der Waals surface area contributed by atoms with Gasteiger partial charge in [0.15, 0.2) is 0 Å². The van der Waals surface area contributed by atoms with Crippen molar-refractivity contribution in [2.24, 2.45) is 5.92 Å². The second kappa shape index (κ2) is 7.02. The summed E-state index contributed by atoms with van der Waals surface area (Å²) in [5.41, 5.74) is 0.735. The highest BCUT2D eigenvalue weighted by Crippen LogP contribution is 2.29. The molecule has 23 heavy (non-hydrogen) atoms. The molecule has 5 nitrogen and oxygen atoms in total. The quantitative estimate of drug-likeness (QED) is 0.841. The van der Waals surface area contributed by atoms with Crippen molar-refractivity contribution < 1.29 is 14.3 Å². The summed E-state index contributed by atoms with van der Waals surface area (Å²) in [5.74, 6) is 1.51. The number of hydrogen-bond acceptors (Lipinski definition) is 3. The lowest BCUT2D eigenvalue weighted by atomic mass is 10.1. The summed E-state index contributed by atoms with van der Waals surface area (Å²) in [6.07, 6.45) is 4.55. The molecule has 0 spiro atoms. The Morgan fingerprint density at radius 1 is 1.35 bits per heavy atom. The average molecular weight is 316 g/mol. The van der Waals surface area contributed by atoms with Gasteiger partial charge in [-0.2, -0.15) is 0 Å². The number of carbonyl (C=O) groups excluding carboxylic acids is 2. The Hall–Kier alpha value is -2.04. The zero-order valence-corrected chi connectivity index (χ0v) is 13.6. The summed E-state index contributed by atoms with van der Waals surface area (Å²) in [6.45, 7) is 3.39. The third-order valence-electron chi connectivity index (χ3n) is 4.48. The van der Waals surface area contributed by atoms with Crippen LogP contribution in [0.4, 0.5) is 5.69 Å². The zero-order valence-electron chi connectivity index (χ0n) is 13.6. The number of nitrogens with one attached hydrogen (secondary N) is 1. The van der Waals surface area contributed by atoms with E-state index in [1.54, 1.807) is 4.90 Å². The molecule has 1 atom stereocenters. The first-order valence-electron chi connectivity index (χ1n) is 8.50. The fourth-order valence-corrected chi connectivity index (χ4v) is 2.90. The van der Waals surface area contributed by atoms with E-state index < -0.39 is 0 Å². The minimum absolute atomic E-state index is 0.0795. The van der Waals surface area contributed by atoms with Crippen molar-refractivity contribution in [1.82, 2.24) is 4.90 Å². The van der Waals surface area contributed by atoms with E-state index in [0.29, 0.717) is 19.4 Å². The van der Waals surface area contributed by atoms with E-state index in [1.165, 1.54) is 12.8 Å². The van der Waals surface area contributed by atoms with E-state index in [-0.39, 0.29) is 17.9 Å². The maximum absolute atomic E-state index is 12.4. The summed E-state index contributed by atoms with van der Waals surface area (Å²) in [7, 11) is 0. The smallest absolute Gasteiger partial charge is 0.247 e. The van der Waals surface area contributed by atoms with Gasteiger partial charge in [-0.25, -0.2) is 0 Å². The number of amides is 2. The number of anilines is 1. The number of nitrogens with zero attached hydrogens (tertiary/aromatic N) is 1. The molecule has 1 heterocycles. The van der Waals surface area contributed by atoms with Crippen molar-refractivity contribution >= 4 is 17.5 Å². The summed E-state index contributed by atoms with van der Waals surface area (Å²) in [6, 6.07) is 7.06. The van der Waals surface area contributed by atoms with E-state index in [1.807, 2.05) is 31.2 Å². The summed E-state index contributed by atoms with van der Waals surface area (Å²) in [4.78, 5) is 26.0. The zero-order chi connectivity index (χ0) is 16.2. The molecule has 2 aliphatic rings. The van der Waals surface area contributed by atoms with Crippen LogP contribution >= 0.6 is 0 Å². The van der Waals surface area contributed by atoms with Crippen LogP contribution in [-0.2, 0) is 9.59 Å². The Bertz CT molecular complexity index is 566. The van der Waals surface area contributed by atoms with E-state index in [9.17, 15) is 9.59 Å². The van der Waals surface area contributed by atoms with Crippen molar-refractivity contribution in [1.29, 1.82) is 0 Å². The first-order valence-corrected chi connectivity index (χ1v) is 8.50. The van der Waals surface area contributed by atoms with Gasteiger partial charge in [-0.3, -0.25) is 9.59 Å². The molecular weight excluding hydrogens is 292 g/mol. The van der Waals surface area contributed by atoms with Crippen LogP contribution in [0.1, 0.15) is 39.0 Å². The number of benzene rings is 1. The number of rotatable bonds is 7. The monoisotopic (exact) mass is 316 g/mol. The Morgan fingerprint density at radius 2 is 2.09 bits per heavy atom. The SMILES string of the molecule is CC[C@H](C(=O)Nc1ccc(OCC2CC2)cc1)N1CCCC1=O. The molecule has 1 aliphatic carbocycles. The van der Waals surface area contributed by atoms with Crippen LogP contribution in [0.25, 0.3) is 0 Å². The predicted octanol–water partition coefficient (Wildman–Crippen LogP) is 2.81.